The summed E-state index contributed by atoms with van der Waals surface area (Å²) >= 11 is 6.33. The average molecular weight is 303 g/mol. The number of hydrogen-bond donors (Lipinski definition) is 1. The lowest BCUT2D eigenvalue weighted by Crippen LogP contribution is -2.33. The van der Waals surface area contributed by atoms with E-state index < -0.39 is 5.60 Å². The van der Waals surface area contributed by atoms with Gasteiger partial charge in [-0.15, -0.1) is 0 Å². The maximum Gasteiger partial charge on any atom is 0.231 e. The molecule has 0 bridgehead atoms. The molecule has 0 radical (unpaired) electrons. The van der Waals surface area contributed by atoms with E-state index in [9.17, 15) is 5.11 Å². The van der Waals surface area contributed by atoms with Crippen LogP contribution in [0.3, 0.4) is 0 Å². The Bertz CT molecular complexity index is 690. The Morgan fingerprint density at radius 3 is 2.29 bits per heavy atom. The van der Waals surface area contributed by atoms with Crippen LogP contribution < -0.4 is 9.47 Å². The Kier molecular flexibility index (Phi) is 2.88. The van der Waals surface area contributed by atoms with Crippen LogP contribution in [0, 0.1) is 0 Å². The van der Waals surface area contributed by atoms with Crippen molar-refractivity contribution < 1.29 is 14.6 Å². The van der Waals surface area contributed by atoms with E-state index in [0.29, 0.717) is 10.8 Å². The molecule has 0 amide bonds. The fourth-order valence-electron chi connectivity index (χ4n) is 2.90. The predicted octanol–water partition coefficient (Wildman–Crippen LogP) is 4.11. The summed E-state index contributed by atoms with van der Waals surface area (Å²) in [6.07, 6.45) is 2.78. The van der Waals surface area contributed by atoms with Crippen LogP contribution in [-0.2, 0) is 5.60 Å². The standard InChI is InChI=1S/C17H15ClO3/c18-14-9-16-15(20-10-21-16)8-13(14)11-2-4-12(5-3-11)17(19)6-1-7-17/h2-5,8-9,19H,1,6-7,10H2. The summed E-state index contributed by atoms with van der Waals surface area (Å²) in [4.78, 5) is 0. The zero-order valence-electron chi connectivity index (χ0n) is 11.4. The van der Waals surface area contributed by atoms with Crippen LogP contribution in [-0.4, -0.2) is 11.9 Å². The summed E-state index contributed by atoms with van der Waals surface area (Å²) in [6.45, 7) is 0.237. The molecular formula is C17H15ClO3. The smallest absolute Gasteiger partial charge is 0.231 e. The molecule has 1 fully saturated rings. The zero-order valence-corrected chi connectivity index (χ0v) is 12.2. The van der Waals surface area contributed by atoms with Crippen molar-refractivity contribution in [2.75, 3.05) is 6.79 Å². The molecule has 3 nitrogen and oxygen atoms in total. The van der Waals surface area contributed by atoms with E-state index in [1.165, 1.54) is 0 Å². The van der Waals surface area contributed by atoms with E-state index >= 15 is 0 Å². The van der Waals surface area contributed by atoms with Gasteiger partial charge in [-0.3, -0.25) is 0 Å². The van der Waals surface area contributed by atoms with Crippen molar-refractivity contribution in [2.24, 2.45) is 0 Å². The lowest BCUT2D eigenvalue weighted by atomic mass is 9.75. The molecule has 1 aliphatic carbocycles. The summed E-state index contributed by atoms with van der Waals surface area (Å²) in [7, 11) is 0. The van der Waals surface area contributed by atoms with Crippen molar-refractivity contribution in [2.45, 2.75) is 24.9 Å². The topological polar surface area (TPSA) is 38.7 Å². The highest BCUT2D eigenvalue weighted by molar-refractivity contribution is 6.33. The second-order valence-corrected chi connectivity index (χ2v) is 6.06. The highest BCUT2D eigenvalue weighted by Crippen LogP contribution is 2.43. The van der Waals surface area contributed by atoms with Crippen LogP contribution in [0.25, 0.3) is 11.1 Å². The van der Waals surface area contributed by atoms with Crippen LogP contribution in [0.15, 0.2) is 36.4 Å². The molecule has 1 N–H and O–H groups in total. The molecule has 1 heterocycles. The van der Waals surface area contributed by atoms with Crippen LogP contribution in [0.5, 0.6) is 11.5 Å². The number of halogens is 1. The quantitative estimate of drug-likeness (QED) is 0.907. The molecule has 2 aromatic carbocycles. The Morgan fingerprint density at radius 2 is 1.67 bits per heavy atom. The first-order valence-electron chi connectivity index (χ1n) is 7.08. The largest absolute Gasteiger partial charge is 0.454 e. The normalized spacial score (nSPS) is 18.4. The molecular weight excluding hydrogens is 288 g/mol. The van der Waals surface area contributed by atoms with Crippen molar-refractivity contribution in [1.29, 1.82) is 0 Å². The van der Waals surface area contributed by atoms with Gasteiger partial charge < -0.3 is 14.6 Å². The molecule has 2 aliphatic rings. The van der Waals surface area contributed by atoms with E-state index in [4.69, 9.17) is 21.1 Å². The predicted molar refractivity (Wildman–Crippen MR) is 80.8 cm³/mol. The van der Waals surface area contributed by atoms with Crippen LogP contribution in [0.2, 0.25) is 5.02 Å². The van der Waals surface area contributed by atoms with E-state index in [-0.39, 0.29) is 6.79 Å². The number of aliphatic hydroxyl groups is 1. The molecule has 1 aliphatic heterocycles. The number of benzene rings is 2. The third kappa shape index (κ3) is 2.08. The van der Waals surface area contributed by atoms with E-state index in [1.54, 1.807) is 6.07 Å². The number of rotatable bonds is 2. The number of hydrogen-bond acceptors (Lipinski definition) is 3. The van der Waals surface area contributed by atoms with E-state index in [1.807, 2.05) is 30.3 Å². The van der Waals surface area contributed by atoms with Crippen LogP contribution in [0.4, 0.5) is 0 Å². The minimum Gasteiger partial charge on any atom is -0.454 e. The third-order valence-electron chi connectivity index (χ3n) is 4.38. The fourth-order valence-corrected chi connectivity index (χ4v) is 3.16. The highest BCUT2D eigenvalue weighted by atomic mass is 35.5. The number of fused-ring (bicyclic) bond motifs is 1. The van der Waals surface area contributed by atoms with Crippen LogP contribution >= 0.6 is 11.6 Å². The SMILES string of the molecule is OC1(c2ccc(-c3cc4c(cc3Cl)OCO4)cc2)CCC1. The Balaban J connectivity index is 1.70. The van der Waals surface area contributed by atoms with Gasteiger partial charge in [-0.05, 0) is 36.5 Å². The summed E-state index contributed by atoms with van der Waals surface area (Å²) in [6, 6.07) is 11.6. The third-order valence-corrected chi connectivity index (χ3v) is 4.69. The maximum atomic E-state index is 10.4. The van der Waals surface area contributed by atoms with Gasteiger partial charge in [-0.25, -0.2) is 0 Å². The first-order chi connectivity index (χ1) is 10.2. The summed E-state index contributed by atoms with van der Waals surface area (Å²) in [5.74, 6) is 1.40. The minimum absolute atomic E-state index is 0.237. The molecule has 2 aromatic rings. The molecule has 0 atom stereocenters. The molecule has 0 unspecified atom stereocenters. The van der Waals surface area contributed by atoms with Gasteiger partial charge in [0.2, 0.25) is 6.79 Å². The molecule has 1 saturated carbocycles. The average Bonchev–Trinajstić information content (AvgIpc) is 2.91. The van der Waals surface area contributed by atoms with Gasteiger partial charge in [0.1, 0.15) is 0 Å². The lowest BCUT2D eigenvalue weighted by molar-refractivity contribution is -0.0387. The first-order valence-corrected chi connectivity index (χ1v) is 7.46. The second kappa shape index (κ2) is 4.65. The van der Waals surface area contributed by atoms with Gasteiger partial charge >= 0.3 is 0 Å². The second-order valence-electron chi connectivity index (χ2n) is 5.65. The molecule has 4 rings (SSSR count). The number of ether oxygens (including phenoxy) is 2. The van der Waals surface area contributed by atoms with Gasteiger partial charge in [0.25, 0.3) is 0 Å². The van der Waals surface area contributed by atoms with Crippen molar-refractivity contribution in [1.82, 2.24) is 0 Å². The molecule has 4 heteroatoms. The van der Waals surface area contributed by atoms with Gasteiger partial charge in [-0.1, -0.05) is 35.9 Å². The van der Waals surface area contributed by atoms with E-state index in [0.717, 1.165) is 41.7 Å². The highest BCUT2D eigenvalue weighted by Gasteiger charge is 2.35. The van der Waals surface area contributed by atoms with Crippen molar-refractivity contribution in [3.63, 3.8) is 0 Å². The monoisotopic (exact) mass is 302 g/mol. The maximum absolute atomic E-state index is 10.4. The Hall–Kier alpha value is -1.71. The van der Waals surface area contributed by atoms with E-state index in [2.05, 4.69) is 0 Å². The molecule has 21 heavy (non-hydrogen) atoms. The van der Waals surface area contributed by atoms with Crippen LogP contribution in [0.1, 0.15) is 24.8 Å². The molecule has 108 valence electrons. The van der Waals surface area contributed by atoms with Crippen molar-refractivity contribution >= 4 is 11.6 Å². The Morgan fingerprint density at radius 1 is 1.00 bits per heavy atom. The first kappa shape index (κ1) is 13.0. The molecule has 0 saturated heterocycles. The zero-order chi connectivity index (χ0) is 14.4. The lowest BCUT2D eigenvalue weighted by Gasteiger charge is -2.37. The Labute approximate surface area is 128 Å². The minimum atomic E-state index is -0.628. The summed E-state index contributed by atoms with van der Waals surface area (Å²) in [5.41, 5.74) is 2.27. The van der Waals surface area contributed by atoms with Gasteiger partial charge in [0.15, 0.2) is 11.5 Å². The fraction of sp³-hybridized carbons (Fsp3) is 0.294. The summed E-state index contributed by atoms with van der Waals surface area (Å²) in [5, 5.41) is 11.0. The van der Waals surface area contributed by atoms with Crippen molar-refractivity contribution in [3.8, 4) is 22.6 Å². The van der Waals surface area contributed by atoms with Gasteiger partial charge in [0, 0.05) is 11.6 Å². The van der Waals surface area contributed by atoms with Gasteiger partial charge in [0.05, 0.1) is 10.6 Å². The van der Waals surface area contributed by atoms with Crippen molar-refractivity contribution in [3.05, 3.63) is 47.0 Å². The van der Waals surface area contributed by atoms with Gasteiger partial charge in [-0.2, -0.15) is 0 Å². The molecule has 0 aromatic heterocycles. The molecule has 0 spiro atoms. The summed E-state index contributed by atoms with van der Waals surface area (Å²) < 4.78 is 10.7.